The molecule has 0 unspecified atom stereocenters. The van der Waals surface area contributed by atoms with Gasteiger partial charge in [-0.3, -0.25) is 10.1 Å². The van der Waals surface area contributed by atoms with E-state index in [0.29, 0.717) is 10.8 Å². The van der Waals surface area contributed by atoms with Gasteiger partial charge in [-0.2, -0.15) is 0 Å². The summed E-state index contributed by atoms with van der Waals surface area (Å²) in [5.74, 6) is -0.735. The van der Waals surface area contributed by atoms with Crippen LogP contribution in [0.5, 0.6) is 11.5 Å². The maximum Gasteiger partial charge on any atom is 0.342 e. The van der Waals surface area contributed by atoms with Crippen molar-refractivity contribution in [3.63, 3.8) is 0 Å². The quantitative estimate of drug-likeness (QED) is 0.680. The first-order chi connectivity index (χ1) is 9.88. The van der Waals surface area contributed by atoms with Crippen LogP contribution in [0.4, 0.5) is 5.69 Å². The Labute approximate surface area is 124 Å². The van der Waals surface area contributed by atoms with Crippen LogP contribution in [0, 0.1) is 17.0 Å². The number of aryl methyl sites for hydroxylation is 1. The van der Waals surface area contributed by atoms with Crippen LogP contribution in [0.15, 0.2) is 36.4 Å². The number of halogens is 1. The number of ether oxygens (including phenoxy) is 1. The molecule has 2 rings (SSSR count). The molecule has 0 aromatic heterocycles. The van der Waals surface area contributed by atoms with E-state index < -0.39 is 22.1 Å². The largest absolute Gasteiger partial charge is 0.477 e. The van der Waals surface area contributed by atoms with Gasteiger partial charge in [-0.05, 0) is 36.8 Å². The number of hydrogen-bond acceptors (Lipinski definition) is 4. The number of nitro benzene ring substituents is 1. The van der Waals surface area contributed by atoms with Crippen LogP contribution in [0.3, 0.4) is 0 Å². The third kappa shape index (κ3) is 3.29. The third-order valence-electron chi connectivity index (χ3n) is 2.76. The van der Waals surface area contributed by atoms with Crippen LogP contribution in [0.2, 0.25) is 5.02 Å². The molecule has 0 spiro atoms. The second kappa shape index (κ2) is 5.80. The van der Waals surface area contributed by atoms with Crippen molar-refractivity contribution in [2.24, 2.45) is 0 Å². The molecule has 1 N–H and O–H groups in total. The Morgan fingerprint density at radius 1 is 1.24 bits per heavy atom. The third-order valence-corrected chi connectivity index (χ3v) is 3.18. The van der Waals surface area contributed by atoms with Crippen molar-refractivity contribution in [1.82, 2.24) is 0 Å². The highest BCUT2D eigenvalue weighted by molar-refractivity contribution is 6.31. The van der Waals surface area contributed by atoms with Gasteiger partial charge in [0, 0.05) is 17.2 Å². The van der Waals surface area contributed by atoms with Crippen LogP contribution < -0.4 is 4.74 Å². The zero-order chi connectivity index (χ0) is 15.6. The van der Waals surface area contributed by atoms with E-state index in [9.17, 15) is 14.9 Å². The molecular formula is C14H10ClNO5. The van der Waals surface area contributed by atoms with Crippen molar-refractivity contribution in [3.05, 3.63) is 62.7 Å². The lowest BCUT2D eigenvalue weighted by molar-refractivity contribution is -0.385. The highest BCUT2D eigenvalue weighted by Gasteiger charge is 2.20. The van der Waals surface area contributed by atoms with Crippen LogP contribution in [-0.4, -0.2) is 16.0 Å². The number of rotatable bonds is 4. The van der Waals surface area contributed by atoms with Crippen molar-refractivity contribution in [2.45, 2.75) is 6.92 Å². The molecule has 0 heterocycles. The van der Waals surface area contributed by atoms with Crippen molar-refractivity contribution in [1.29, 1.82) is 0 Å². The molecule has 0 saturated carbocycles. The van der Waals surface area contributed by atoms with Gasteiger partial charge in [0.1, 0.15) is 17.1 Å². The van der Waals surface area contributed by atoms with E-state index >= 15 is 0 Å². The smallest absolute Gasteiger partial charge is 0.342 e. The Morgan fingerprint density at radius 3 is 2.43 bits per heavy atom. The molecule has 21 heavy (non-hydrogen) atoms. The SMILES string of the molecule is Cc1cc(Oc2ccc([N+](=O)[O-])c(C(=O)O)c2)ccc1Cl. The second-order valence-electron chi connectivity index (χ2n) is 4.25. The van der Waals surface area contributed by atoms with Crippen LogP contribution in [-0.2, 0) is 0 Å². The van der Waals surface area contributed by atoms with Crippen LogP contribution in [0.1, 0.15) is 15.9 Å². The number of carbonyl (C=O) groups is 1. The monoisotopic (exact) mass is 307 g/mol. The van der Waals surface area contributed by atoms with Gasteiger partial charge in [-0.1, -0.05) is 11.6 Å². The summed E-state index contributed by atoms with van der Waals surface area (Å²) < 4.78 is 5.50. The fourth-order valence-electron chi connectivity index (χ4n) is 1.73. The van der Waals surface area contributed by atoms with E-state index in [4.69, 9.17) is 21.4 Å². The van der Waals surface area contributed by atoms with Gasteiger partial charge in [0.25, 0.3) is 5.69 Å². The fraction of sp³-hybridized carbons (Fsp3) is 0.0714. The molecule has 2 aromatic rings. The Bertz CT molecular complexity index is 729. The first-order valence-electron chi connectivity index (χ1n) is 5.84. The molecule has 7 heteroatoms. The lowest BCUT2D eigenvalue weighted by atomic mass is 10.1. The van der Waals surface area contributed by atoms with Crippen LogP contribution in [0.25, 0.3) is 0 Å². The van der Waals surface area contributed by atoms with Gasteiger partial charge >= 0.3 is 5.97 Å². The maximum atomic E-state index is 11.1. The Kier molecular flexibility index (Phi) is 4.09. The van der Waals surface area contributed by atoms with Gasteiger partial charge in [-0.15, -0.1) is 0 Å². The number of nitrogens with zero attached hydrogens (tertiary/aromatic N) is 1. The molecule has 0 saturated heterocycles. The highest BCUT2D eigenvalue weighted by atomic mass is 35.5. The summed E-state index contributed by atoms with van der Waals surface area (Å²) in [5.41, 5.74) is -0.111. The molecule has 0 atom stereocenters. The number of aromatic carboxylic acids is 1. The molecule has 108 valence electrons. The normalized spacial score (nSPS) is 10.2. The molecule has 0 amide bonds. The zero-order valence-electron chi connectivity index (χ0n) is 10.9. The predicted octanol–water partition coefficient (Wildman–Crippen LogP) is 4.05. The number of carboxylic acids is 1. The lowest BCUT2D eigenvalue weighted by Gasteiger charge is -2.08. The molecule has 0 aliphatic heterocycles. The summed E-state index contributed by atoms with van der Waals surface area (Å²) >= 11 is 5.90. The molecule has 0 aliphatic carbocycles. The Morgan fingerprint density at radius 2 is 1.86 bits per heavy atom. The van der Waals surface area contributed by atoms with Gasteiger partial charge in [0.05, 0.1) is 4.92 Å². The fourth-order valence-corrected chi connectivity index (χ4v) is 1.84. The predicted molar refractivity (Wildman–Crippen MR) is 76.3 cm³/mol. The van der Waals surface area contributed by atoms with E-state index in [1.54, 1.807) is 25.1 Å². The molecule has 0 radical (unpaired) electrons. The summed E-state index contributed by atoms with van der Waals surface area (Å²) in [7, 11) is 0. The Hall–Kier alpha value is -2.60. The van der Waals surface area contributed by atoms with E-state index in [2.05, 4.69) is 0 Å². The van der Waals surface area contributed by atoms with Gasteiger partial charge < -0.3 is 9.84 Å². The first-order valence-corrected chi connectivity index (χ1v) is 6.22. The molecule has 0 aliphatic rings. The van der Waals surface area contributed by atoms with E-state index in [0.717, 1.165) is 17.7 Å². The van der Waals surface area contributed by atoms with Crippen molar-refractivity contribution < 1.29 is 19.6 Å². The van der Waals surface area contributed by atoms with Gasteiger partial charge in [0.15, 0.2) is 0 Å². The number of benzene rings is 2. The minimum atomic E-state index is -1.39. The summed E-state index contributed by atoms with van der Waals surface area (Å²) in [6.07, 6.45) is 0. The minimum Gasteiger partial charge on any atom is -0.477 e. The van der Waals surface area contributed by atoms with Gasteiger partial charge in [0.2, 0.25) is 0 Å². The highest BCUT2D eigenvalue weighted by Crippen LogP contribution is 2.29. The summed E-state index contributed by atoms with van der Waals surface area (Å²) in [6, 6.07) is 8.51. The summed E-state index contributed by atoms with van der Waals surface area (Å²) in [6.45, 7) is 1.80. The number of hydrogen-bond donors (Lipinski definition) is 1. The van der Waals surface area contributed by atoms with Crippen molar-refractivity contribution in [2.75, 3.05) is 0 Å². The number of nitro groups is 1. The zero-order valence-corrected chi connectivity index (χ0v) is 11.6. The van der Waals surface area contributed by atoms with Crippen molar-refractivity contribution in [3.8, 4) is 11.5 Å². The van der Waals surface area contributed by atoms with E-state index in [-0.39, 0.29) is 5.75 Å². The number of carboxylic acid groups (broad SMARTS) is 1. The Balaban J connectivity index is 2.36. The second-order valence-corrected chi connectivity index (χ2v) is 4.66. The lowest BCUT2D eigenvalue weighted by Crippen LogP contribution is -2.02. The minimum absolute atomic E-state index is 0.194. The first kappa shape index (κ1) is 14.8. The van der Waals surface area contributed by atoms with Gasteiger partial charge in [-0.25, -0.2) is 4.79 Å². The molecular weight excluding hydrogens is 298 g/mol. The average Bonchev–Trinajstić information content (AvgIpc) is 2.42. The average molecular weight is 308 g/mol. The van der Waals surface area contributed by atoms with Crippen molar-refractivity contribution >= 4 is 23.3 Å². The molecule has 0 bridgehead atoms. The standard InChI is InChI=1S/C14H10ClNO5/c1-8-6-9(2-4-12(8)15)21-10-3-5-13(16(19)20)11(7-10)14(17)18/h2-7H,1H3,(H,17,18). The van der Waals surface area contributed by atoms with E-state index in [1.807, 2.05) is 0 Å². The molecule has 6 nitrogen and oxygen atoms in total. The molecule has 0 fully saturated rings. The summed E-state index contributed by atoms with van der Waals surface area (Å²) in [4.78, 5) is 21.1. The van der Waals surface area contributed by atoms with Crippen LogP contribution >= 0.6 is 11.6 Å². The van der Waals surface area contributed by atoms with E-state index in [1.165, 1.54) is 6.07 Å². The topological polar surface area (TPSA) is 89.7 Å². The summed E-state index contributed by atoms with van der Waals surface area (Å²) in [5, 5.41) is 20.4. The molecule has 2 aromatic carbocycles. The maximum absolute atomic E-state index is 11.1.